The molecule has 0 unspecified atom stereocenters. The van der Waals surface area contributed by atoms with Crippen molar-refractivity contribution in [3.63, 3.8) is 0 Å². The van der Waals surface area contributed by atoms with Crippen LogP contribution < -0.4 is 10.2 Å². The van der Waals surface area contributed by atoms with E-state index >= 15 is 0 Å². The molecular weight excluding hydrogens is 338 g/mol. The van der Waals surface area contributed by atoms with Crippen LogP contribution in [0.5, 0.6) is 0 Å². The van der Waals surface area contributed by atoms with Crippen LogP contribution in [-0.2, 0) is 14.8 Å². The molecule has 0 spiro atoms. The van der Waals surface area contributed by atoms with E-state index in [1.807, 2.05) is 25.2 Å². The fraction of sp³-hybridized carbons (Fsp3) is 0.611. The van der Waals surface area contributed by atoms with E-state index in [0.29, 0.717) is 32.5 Å². The van der Waals surface area contributed by atoms with Gasteiger partial charge in [0.1, 0.15) is 0 Å². The molecule has 0 aromatic heterocycles. The van der Waals surface area contributed by atoms with E-state index in [9.17, 15) is 13.2 Å². The number of hydrogen-bond donors (Lipinski definition) is 1. The van der Waals surface area contributed by atoms with E-state index < -0.39 is 10.0 Å². The van der Waals surface area contributed by atoms with Gasteiger partial charge < -0.3 is 10.2 Å². The highest BCUT2D eigenvalue weighted by Crippen LogP contribution is 2.20. The molecule has 2 rings (SSSR count). The van der Waals surface area contributed by atoms with E-state index in [4.69, 9.17) is 0 Å². The molecule has 0 saturated carbocycles. The molecule has 140 valence electrons. The third-order valence-electron chi connectivity index (χ3n) is 4.75. The Labute approximate surface area is 151 Å². The smallest absolute Gasteiger partial charge is 0.223 e. The molecule has 0 aliphatic carbocycles. The van der Waals surface area contributed by atoms with Crippen LogP contribution in [0.1, 0.15) is 26.2 Å². The van der Waals surface area contributed by atoms with Crippen molar-refractivity contribution in [2.45, 2.75) is 26.2 Å². The van der Waals surface area contributed by atoms with Crippen LogP contribution in [0.2, 0.25) is 0 Å². The van der Waals surface area contributed by atoms with Gasteiger partial charge in [0.2, 0.25) is 15.9 Å². The zero-order chi connectivity index (χ0) is 18.3. The highest BCUT2D eigenvalue weighted by molar-refractivity contribution is 7.89. The Kier molecular flexibility index (Phi) is 7.25. The second-order valence-corrected chi connectivity index (χ2v) is 8.73. The highest BCUT2D eigenvalue weighted by Gasteiger charge is 2.29. The molecule has 1 amide bonds. The van der Waals surface area contributed by atoms with Crippen LogP contribution in [0.3, 0.4) is 0 Å². The van der Waals surface area contributed by atoms with Crippen LogP contribution in [0.15, 0.2) is 30.3 Å². The average molecular weight is 368 g/mol. The third kappa shape index (κ3) is 5.71. The molecule has 7 heteroatoms. The van der Waals surface area contributed by atoms with Gasteiger partial charge in [-0.3, -0.25) is 4.79 Å². The fourth-order valence-electron chi connectivity index (χ4n) is 3.06. The zero-order valence-electron chi connectivity index (χ0n) is 15.1. The van der Waals surface area contributed by atoms with Crippen molar-refractivity contribution in [3.8, 4) is 0 Å². The molecule has 1 heterocycles. The first-order chi connectivity index (χ1) is 11.9. The Hall–Kier alpha value is -1.60. The Morgan fingerprint density at radius 2 is 1.88 bits per heavy atom. The molecule has 1 aromatic rings. The summed E-state index contributed by atoms with van der Waals surface area (Å²) in [6.45, 7) is 4.07. The lowest BCUT2D eigenvalue weighted by atomic mass is 9.97. The summed E-state index contributed by atoms with van der Waals surface area (Å²) in [7, 11) is -1.09. The summed E-state index contributed by atoms with van der Waals surface area (Å²) in [5.41, 5.74) is 1.17. The van der Waals surface area contributed by atoms with Crippen LogP contribution in [0.4, 0.5) is 5.69 Å². The van der Waals surface area contributed by atoms with Crippen LogP contribution in [0.25, 0.3) is 0 Å². The van der Waals surface area contributed by atoms with Crippen molar-refractivity contribution >= 4 is 21.6 Å². The number of piperidine rings is 1. The maximum Gasteiger partial charge on any atom is 0.223 e. The van der Waals surface area contributed by atoms with E-state index in [1.54, 1.807) is 6.92 Å². The van der Waals surface area contributed by atoms with Crippen LogP contribution in [-0.4, -0.2) is 57.6 Å². The average Bonchev–Trinajstić information content (AvgIpc) is 2.65. The van der Waals surface area contributed by atoms with Crippen LogP contribution in [0, 0.1) is 5.92 Å². The molecule has 1 N–H and O–H groups in total. The molecule has 1 aliphatic heterocycles. The first-order valence-electron chi connectivity index (χ1n) is 8.95. The van der Waals surface area contributed by atoms with E-state index in [-0.39, 0.29) is 17.6 Å². The zero-order valence-corrected chi connectivity index (χ0v) is 16.0. The number of nitrogens with zero attached hydrogens (tertiary/aromatic N) is 2. The number of sulfonamides is 1. The number of rotatable bonds is 8. The van der Waals surface area contributed by atoms with E-state index in [1.165, 1.54) is 9.99 Å². The predicted octanol–water partition coefficient (Wildman–Crippen LogP) is 1.69. The molecule has 6 nitrogen and oxygen atoms in total. The largest absolute Gasteiger partial charge is 0.375 e. The summed E-state index contributed by atoms with van der Waals surface area (Å²) in [4.78, 5) is 14.4. The Balaban J connectivity index is 1.66. The normalized spacial score (nSPS) is 16.6. The number of anilines is 1. The first kappa shape index (κ1) is 19.7. The molecule has 0 atom stereocenters. The fourth-order valence-corrected chi connectivity index (χ4v) is 4.19. The van der Waals surface area contributed by atoms with Crippen molar-refractivity contribution < 1.29 is 13.2 Å². The van der Waals surface area contributed by atoms with Gasteiger partial charge in [-0.2, -0.15) is 0 Å². The van der Waals surface area contributed by atoms with Gasteiger partial charge >= 0.3 is 0 Å². The monoisotopic (exact) mass is 367 g/mol. The summed E-state index contributed by atoms with van der Waals surface area (Å²) >= 11 is 0. The standard InChI is InChI=1S/C18H29N3O3S/c1-3-25(23,24)21-14-10-16(11-15-21)18(22)19-12-7-13-20(2)17-8-5-4-6-9-17/h4-6,8-9,16H,3,7,10-15H2,1-2H3,(H,19,22). The topological polar surface area (TPSA) is 69.7 Å². The lowest BCUT2D eigenvalue weighted by molar-refractivity contribution is -0.126. The number of carbonyl (C=O) groups excluding carboxylic acids is 1. The number of amides is 1. The number of hydrogen-bond acceptors (Lipinski definition) is 4. The van der Waals surface area contributed by atoms with Gasteiger partial charge in [0, 0.05) is 44.8 Å². The minimum atomic E-state index is -3.13. The summed E-state index contributed by atoms with van der Waals surface area (Å²) < 4.78 is 25.2. The van der Waals surface area contributed by atoms with Gasteiger partial charge in [-0.15, -0.1) is 0 Å². The molecule has 1 aliphatic rings. The second-order valence-electron chi connectivity index (χ2n) is 6.48. The number of nitrogens with one attached hydrogen (secondary N) is 1. The van der Waals surface area contributed by atoms with Crippen LogP contribution >= 0.6 is 0 Å². The SMILES string of the molecule is CCS(=O)(=O)N1CCC(C(=O)NCCCN(C)c2ccccc2)CC1. The van der Waals surface area contributed by atoms with Crippen molar-refractivity contribution in [3.05, 3.63) is 30.3 Å². The lowest BCUT2D eigenvalue weighted by Crippen LogP contribution is -2.43. The number of carbonyl (C=O) groups is 1. The van der Waals surface area contributed by atoms with Crippen molar-refractivity contribution in [2.75, 3.05) is 43.9 Å². The maximum absolute atomic E-state index is 12.2. The minimum absolute atomic E-state index is 0.0518. The maximum atomic E-state index is 12.2. The predicted molar refractivity (Wildman–Crippen MR) is 101 cm³/mol. The third-order valence-corrected chi connectivity index (χ3v) is 6.63. The summed E-state index contributed by atoms with van der Waals surface area (Å²) in [6.07, 6.45) is 2.09. The van der Waals surface area contributed by atoms with Gasteiger partial charge in [0.05, 0.1) is 5.75 Å². The molecule has 0 radical (unpaired) electrons. The Bertz CT molecular complexity index is 641. The summed E-state index contributed by atoms with van der Waals surface area (Å²) in [6, 6.07) is 10.2. The number of benzene rings is 1. The molecule has 25 heavy (non-hydrogen) atoms. The van der Waals surface area contributed by atoms with Crippen molar-refractivity contribution in [1.29, 1.82) is 0 Å². The number of para-hydroxylation sites is 1. The van der Waals surface area contributed by atoms with E-state index in [0.717, 1.165) is 13.0 Å². The van der Waals surface area contributed by atoms with Gasteiger partial charge in [-0.05, 0) is 38.3 Å². The van der Waals surface area contributed by atoms with E-state index in [2.05, 4.69) is 22.3 Å². The molecule has 1 aromatic carbocycles. The lowest BCUT2D eigenvalue weighted by Gasteiger charge is -2.30. The van der Waals surface area contributed by atoms with Gasteiger partial charge in [-0.25, -0.2) is 12.7 Å². The Morgan fingerprint density at radius 1 is 1.24 bits per heavy atom. The highest BCUT2D eigenvalue weighted by atomic mass is 32.2. The van der Waals surface area contributed by atoms with Crippen molar-refractivity contribution in [2.24, 2.45) is 5.92 Å². The molecule has 1 saturated heterocycles. The van der Waals surface area contributed by atoms with Gasteiger partial charge in [0.15, 0.2) is 0 Å². The molecule has 0 bridgehead atoms. The van der Waals surface area contributed by atoms with Gasteiger partial charge in [0.25, 0.3) is 0 Å². The minimum Gasteiger partial charge on any atom is -0.375 e. The summed E-state index contributed by atoms with van der Waals surface area (Å²) in [5, 5.41) is 2.99. The molecule has 1 fully saturated rings. The summed E-state index contributed by atoms with van der Waals surface area (Å²) in [5.74, 6) is 0.102. The van der Waals surface area contributed by atoms with Gasteiger partial charge in [-0.1, -0.05) is 18.2 Å². The first-order valence-corrected chi connectivity index (χ1v) is 10.6. The quantitative estimate of drug-likeness (QED) is 0.710. The second kappa shape index (κ2) is 9.20. The van der Waals surface area contributed by atoms with Crippen molar-refractivity contribution in [1.82, 2.24) is 9.62 Å². The Morgan fingerprint density at radius 3 is 2.48 bits per heavy atom. The molecular formula is C18H29N3O3S.